The maximum Gasteiger partial charge on any atom is 0.103 e. The number of hydrazone groups is 1. The van der Waals surface area contributed by atoms with Gasteiger partial charge in [0.1, 0.15) is 6.54 Å². The minimum absolute atomic E-state index is 1.04. The summed E-state index contributed by atoms with van der Waals surface area (Å²) >= 11 is 1.74. The molecule has 1 aromatic carbocycles. The Morgan fingerprint density at radius 1 is 1.23 bits per heavy atom. The van der Waals surface area contributed by atoms with Crippen molar-refractivity contribution in [2.75, 3.05) is 26.2 Å². The number of nitrogens with zero attached hydrogens (tertiary/aromatic N) is 2. The third-order valence-electron chi connectivity index (χ3n) is 4.28. The van der Waals surface area contributed by atoms with Gasteiger partial charge in [-0.3, -0.25) is 5.01 Å². The molecule has 22 heavy (non-hydrogen) atoms. The summed E-state index contributed by atoms with van der Waals surface area (Å²) in [7, 11) is 0. The van der Waals surface area contributed by atoms with Crippen LogP contribution in [-0.2, 0) is 6.54 Å². The van der Waals surface area contributed by atoms with Crippen LogP contribution < -0.4 is 4.90 Å². The molecule has 116 valence electrons. The Morgan fingerprint density at radius 2 is 2.05 bits per heavy atom. The van der Waals surface area contributed by atoms with Gasteiger partial charge < -0.3 is 4.90 Å². The van der Waals surface area contributed by atoms with Gasteiger partial charge in [-0.05, 0) is 30.9 Å². The van der Waals surface area contributed by atoms with Crippen molar-refractivity contribution in [2.45, 2.75) is 20.4 Å². The third kappa shape index (κ3) is 3.96. The van der Waals surface area contributed by atoms with E-state index < -0.39 is 0 Å². The van der Waals surface area contributed by atoms with Crippen LogP contribution in [0.1, 0.15) is 21.6 Å². The number of nitrogens with one attached hydrogen (secondary N) is 1. The number of aryl methyl sites for hydroxylation is 2. The normalized spacial score (nSPS) is 16.5. The summed E-state index contributed by atoms with van der Waals surface area (Å²) in [4.78, 5) is 2.89. The Kier molecular flexibility index (Phi) is 4.90. The van der Waals surface area contributed by atoms with Crippen molar-refractivity contribution < 1.29 is 4.90 Å². The summed E-state index contributed by atoms with van der Waals surface area (Å²) in [5.74, 6) is 0. The molecular weight excluding hydrogens is 290 g/mol. The molecule has 1 fully saturated rings. The van der Waals surface area contributed by atoms with Crippen LogP contribution in [0.15, 0.2) is 40.8 Å². The van der Waals surface area contributed by atoms with E-state index in [0.717, 1.165) is 32.7 Å². The first-order chi connectivity index (χ1) is 10.7. The molecule has 2 aromatic rings. The first kappa shape index (κ1) is 15.3. The predicted molar refractivity (Wildman–Crippen MR) is 93.8 cm³/mol. The summed E-state index contributed by atoms with van der Waals surface area (Å²) in [6.07, 6.45) is 1.99. The van der Waals surface area contributed by atoms with Crippen molar-refractivity contribution in [3.05, 3.63) is 57.3 Å². The zero-order valence-electron chi connectivity index (χ0n) is 13.4. The molecule has 1 saturated heterocycles. The second-order valence-electron chi connectivity index (χ2n) is 6.07. The molecule has 2 heterocycles. The van der Waals surface area contributed by atoms with E-state index in [0.29, 0.717) is 0 Å². The molecule has 1 aliphatic rings. The largest absolute Gasteiger partial charge is 0.328 e. The quantitative estimate of drug-likeness (QED) is 0.857. The number of hydrogen-bond donors (Lipinski definition) is 1. The lowest BCUT2D eigenvalue weighted by molar-refractivity contribution is -0.918. The molecular formula is C18H24N3S+. The fourth-order valence-electron chi connectivity index (χ4n) is 2.92. The average Bonchev–Trinajstić information content (AvgIpc) is 3.03. The van der Waals surface area contributed by atoms with Crippen LogP contribution in [0.3, 0.4) is 0 Å². The maximum absolute atomic E-state index is 4.60. The molecule has 0 amide bonds. The molecule has 3 rings (SSSR count). The summed E-state index contributed by atoms with van der Waals surface area (Å²) in [6, 6.07) is 11.0. The van der Waals surface area contributed by atoms with E-state index in [1.165, 1.54) is 21.6 Å². The van der Waals surface area contributed by atoms with Gasteiger partial charge >= 0.3 is 0 Å². The number of thiophene rings is 1. The standard InChI is InChI=1S/C18H23N3S/c1-15-5-6-17(16(2)12-15)14-20-7-9-21(10-8-20)19-13-18-4-3-11-22-18/h3-6,11-13H,7-10,14H2,1-2H3/p+1. The molecule has 1 aliphatic heterocycles. The number of quaternary nitrogens is 1. The topological polar surface area (TPSA) is 20.0 Å². The highest BCUT2D eigenvalue weighted by Crippen LogP contribution is 2.09. The second kappa shape index (κ2) is 7.07. The summed E-state index contributed by atoms with van der Waals surface area (Å²) in [6.45, 7) is 9.93. The van der Waals surface area contributed by atoms with Crippen LogP contribution in [0.25, 0.3) is 0 Å². The predicted octanol–water partition coefficient (Wildman–Crippen LogP) is 2.10. The Balaban J connectivity index is 1.51. The molecule has 0 unspecified atom stereocenters. The van der Waals surface area contributed by atoms with E-state index in [1.54, 1.807) is 16.2 Å². The zero-order valence-corrected chi connectivity index (χ0v) is 14.2. The molecule has 0 atom stereocenters. The van der Waals surface area contributed by atoms with Crippen molar-refractivity contribution in [3.63, 3.8) is 0 Å². The Labute approximate surface area is 136 Å². The SMILES string of the molecule is Cc1ccc(C[NH+]2CCN(N=Cc3cccs3)CC2)c(C)c1. The van der Waals surface area contributed by atoms with E-state index in [4.69, 9.17) is 0 Å². The third-order valence-corrected chi connectivity index (χ3v) is 5.08. The van der Waals surface area contributed by atoms with Crippen molar-refractivity contribution in [1.29, 1.82) is 0 Å². The van der Waals surface area contributed by atoms with E-state index in [1.807, 2.05) is 6.21 Å². The molecule has 0 bridgehead atoms. The van der Waals surface area contributed by atoms with E-state index >= 15 is 0 Å². The van der Waals surface area contributed by atoms with Crippen LogP contribution in [0, 0.1) is 13.8 Å². The lowest BCUT2D eigenvalue weighted by Crippen LogP contribution is -3.13. The maximum atomic E-state index is 4.60. The fourth-order valence-corrected chi connectivity index (χ4v) is 3.50. The summed E-state index contributed by atoms with van der Waals surface area (Å²) < 4.78 is 0. The highest BCUT2D eigenvalue weighted by Gasteiger charge is 2.19. The first-order valence-electron chi connectivity index (χ1n) is 7.93. The molecule has 0 saturated carbocycles. The van der Waals surface area contributed by atoms with Crippen molar-refractivity contribution in [2.24, 2.45) is 5.10 Å². The Morgan fingerprint density at radius 3 is 2.73 bits per heavy atom. The van der Waals surface area contributed by atoms with Gasteiger partial charge in [-0.2, -0.15) is 5.10 Å². The fraction of sp³-hybridized carbons (Fsp3) is 0.389. The van der Waals surface area contributed by atoms with E-state index in [9.17, 15) is 0 Å². The van der Waals surface area contributed by atoms with Gasteiger partial charge in [-0.1, -0.05) is 29.8 Å². The van der Waals surface area contributed by atoms with Gasteiger partial charge in [0.25, 0.3) is 0 Å². The number of piperazine rings is 1. The van der Waals surface area contributed by atoms with Crippen LogP contribution in [0.4, 0.5) is 0 Å². The molecule has 4 heteroatoms. The first-order valence-corrected chi connectivity index (χ1v) is 8.81. The van der Waals surface area contributed by atoms with Crippen LogP contribution >= 0.6 is 11.3 Å². The van der Waals surface area contributed by atoms with Gasteiger partial charge in [0, 0.05) is 10.4 Å². The van der Waals surface area contributed by atoms with Gasteiger partial charge in [0.05, 0.1) is 32.4 Å². The highest BCUT2D eigenvalue weighted by molar-refractivity contribution is 7.11. The van der Waals surface area contributed by atoms with Crippen LogP contribution in [0.5, 0.6) is 0 Å². The summed E-state index contributed by atoms with van der Waals surface area (Å²) in [5, 5.41) is 8.89. The van der Waals surface area contributed by atoms with Gasteiger partial charge in [0.15, 0.2) is 0 Å². The monoisotopic (exact) mass is 314 g/mol. The van der Waals surface area contributed by atoms with Crippen molar-refractivity contribution >= 4 is 17.6 Å². The minimum atomic E-state index is 1.04. The second-order valence-corrected chi connectivity index (χ2v) is 7.05. The zero-order chi connectivity index (χ0) is 15.4. The Hall–Kier alpha value is -1.65. The van der Waals surface area contributed by atoms with E-state index in [2.05, 4.69) is 59.7 Å². The van der Waals surface area contributed by atoms with Gasteiger partial charge in [-0.25, -0.2) is 0 Å². The van der Waals surface area contributed by atoms with Crippen molar-refractivity contribution in [3.8, 4) is 0 Å². The van der Waals surface area contributed by atoms with Crippen molar-refractivity contribution in [1.82, 2.24) is 5.01 Å². The lowest BCUT2D eigenvalue weighted by Gasteiger charge is -2.30. The minimum Gasteiger partial charge on any atom is -0.328 e. The molecule has 3 nitrogen and oxygen atoms in total. The van der Waals surface area contributed by atoms with Gasteiger partial charge in [0.2, 0.25) is 0 Å². The number of hydrogen-bond acceptors (Lipinski definition) is 3. The highest BCUT2D eigenvalue weighted by atomic mass is 32.1. The number of benzene rings is 1. The molecule has 0 spiro atoms. The van der Waals surface area contributed by atoms with E-state index in [-0.39, 0.29) is 0 Å². The van der Waals surface area contributed by atoms with Crippen LogP contribution in [-0.4, -0.2) is 37.4 Å². The summed E-state index contributed by atoms with van der Waals surface area (Å²) in [5.41, 5.74) is 4.26. The average molecular weight is 314 g/mol. The molecule has 0 radical (unpaired) electrons. The van der Waals surface area contributed by atoms with Crippen LogP contribution in [0.2, 0.25) is 0 Å². The number of rotatable bonds is 4. The molecule has 1 N–H and O–H groups in total. The lowest BCUT2D eigenvalue weighted by atomic mass is 10.1. The molecule has 1 aromatic heterocycles. The molecule has 0 aliphatic carbocycles. The van der Waals surface area contributed by atoms with Gasteiger partial charge in [-0.15, -0.1) is 11.3 Å². The smallest absolute Gasteiger partial charge is 0.103 e. The Bertz CT molecular complexity index is 626.